The summed E-state index contributed by atoms with van der Waals surface area (Å²) in [6.45, 7) is 3.64. The maximum absolute atomic E-state index is 14.4. The Hall–Kier alpha value is -2.04. The van der Waals surface area contributed by atoms with Gasteiger partial charge in [0.2, 0.25) is 5.82 Å². The molecule has 0 spiro atoms. The van der Waals surface area contributed by atoms with Gasteiger partial charge in [-0.15, -0.1) is 0 Å². The molecule has 3 rings (SSSR count). The highest BCUT2D eigenvalue weighted by Gasteiger charge is 2.36. The van der Waals surface area contributed by atoms with Crippen LogP contribution in [0.5, 0.6) is 5.75 Å². The van der Waals surface area contributed by atoms with Crippen molar-refractivity contribution in [2.24, 2.45) is 11.8 Å². The smallest absolute Gasteiger partial charge is 0.426 e. The van der Waals surface area contributed by atoms with E-state index in [-0.39, 0.29) is 11.1 Å². The van der Waals surface area contributed by atoms with Gasteiger partial charge in [-0.25, -0.2) is 4.39 Å². The topological polar surface area (TPSA) is 9.23 Å². The summed E-state index contributed by atoms with van der Waals surface area (Å²) in [4.78, 5) is 0. The predicted molar refractivity (Wildman–Crippen MR) is 102 cm³/mol. The van der Waals surface area contributed by atoms with Crippen molar-refractivity contribution in [3.63, 3.8) is 0 Å². The number of alkyl halides is 2. The first kappa shape index (κ1) is 20.7. The third-order valence-corrected chi connectivity index (χ3v) is 5.74. The lowest BCUT2D eigenvalue weighted by Gasteiger charge is -2.26. The molecule has 1 aliphatic rings. The van der Waals surface area contributed by atoms with E-state index < -0.39 is 23.5 Å². The zero-order valence-corrected chi connectivity index (χ0v) is 16.3. The van der Waals surface area contributed by atoms with Crippen LogP contribution >= 0.6 is 0 Å². The molecule has 0 N–H and O–H groups in total. The normalized spacial score (nSPS) is 20.2. The molecule has 0 aliphatic heterocycles. The van der Waals surface area contributed by atoms with E-state index >= 15 is 0 Å². The number of rotatable bonds is 6. The summed E-state index contributed by atoms with van der Waals surface area (Å²) >= 11 is 0. The first-order valence-electron chi connectivity index (χ1n) is 9.87. The van der Waals surface area contributed by atoms with E-state index in [9.17, 15) is 17.6 Å². The third kappa shape index (κ3) is 4.86. The lowest BCUT2D eigenvalue weighted by molar-refractivity contribution is -0.187. The molecule has 0 radical (unpaired) electrons. The van der Waals surface area contributed by atoms with Crippen molar-refractivity contribution in [2.45, 2.75) is 58.5 Å². The molecule has 152 valence electrons. The summed E-state index contributed by atoms with van der Waals surface area (Å²) < 4.78 is 60.7. The predicted octanol–water partition coefficient (Wildman–Crippen LogP) is 7.16. The summed E-state index contributed by atoms with van der Waals surface area (Å²) in [6, 6.07) is 8.12. The van der Waals surface area contributed by atoms with Gasteiger partial charge < -0.3 is 4.74 Å². The van der Waals surface area contributed by atoms with Crippen molar-refractivity contribution in [3.8, 4) is 5.75 Å². The minimum Gasteiger partial charge on any atom is -0.426 e. The van der Waals surface area contributed by atoms with Gasteiger partial charge in [-0.3, -0.25) is 0 Å². The van der Waals surface area contributed by atoms with E-state index in [2.05, 4.69) is 11.7 Å². The Bertz CT molecular complexity index is 793. The fourth-order valence-corrected chi connectivity index (χ4v) is 3.76. The van der Waals surface area contributed by atoms with Crippen LogP contribution in [-0.2, 0) is 12.5 Å². The lowest BCUT2D eigenvalue weighted by atomic mass is 9.80. The van der Waals surface area contributed by atoms with Gasteiger partial charge in [0.1, 0.15) is 0 Å². The first-order valence-corrected chi connectivity index (χ1v) is 9.87. The van der Waals surface area contributed by atoms with E-state index in [1.807, 2.05) is 0 Å². The van der Waals surface area contributed by atoms with Crippen LogP contribution in [0.3, 0.4) is 0 Å². The van der Waals surface area contributed by atoms with Crippen LogP contribution in [0.4, 0.5) is 17.6 Å². The Balaban J connectivity index is 1.62. The van der Waals surface area contributed by atoms with Gasteiger partial charge in [-0.05, 0) is 60.9 Å². The van der Waals surface area contributed by atoms with Crippen molar-refractivity contribution in [1.29, 1.82) is 0 Å². The highest BCUT2D eigenvalue weighted by molar-refractivity contribution is 5.32. The largest absolute Gasteiger partial charge is 0.426 e. The molecule has 0 heterocycles. The van der Waals surface area contributed by atoms with Gasteiger partial charge >= 0.3 is 6.11 Å². The molecule has 28 heavy (non-hydrogen) atoms. The van der Waals surface area contributed by atoms with Gasteiger partial charge in [0.05, 0.1) is 5.56 Å². The minimum absolute atomic E-state index is 0.0324. The lowest BCUT2D eigenvalue weighted by Crippen LogP contribution is -2.22. The fraction of sp³-hybridized carbons (Fsp3) is 0.478. The number of hydrogen-bond donors (Lipinski definition) is 0. The standard InChI is InChI=1S/C23H26F4O/c1-15-3-6-17(7-4-15)8-9-18-10-12-19(13-11-18)23(26,27)28-20-14-5-16(2)21(24)22(20)25/h5,10-15,17H,3-4,6-9H2,1-2H3. The number of hydrogen-bond acceptors (Lipinski definition) is 1. The summed E-state index contributed by atoms with van der Waals surface area (Å²) in [5.74, 6) is -1.87. The Morgan fingerprint density at radius 3 is 2.21 bits per heavy atom. The molecular formula is C23H26F4O. The van der Waals surface area contributed by atoms with Crippen LogP contribution in [0.25, 0.3) is 0 Å². The summed E-state index contributed by atoms with van der Waals surface area (Å²) in [5, 5.41) is 0. The first-order chi connectivity index (χ1) is 13.3. The summed E-state index contributed by atoms with van der Waals surface area (Å²) in [7, 11) is 0. The number of halogens is 4. The molecule has 5 heteroatoms. The van der Waals surface area contributed by atoms with Crippen molar-refractivity contribution in [3.05, 3.63) is 64.7 Å². The van der Waals surface area contributed by atoms with Crippen molar-refractivity contribution in [2.75, 3.05) is 0 Å². The van der Waals surface area contributed by atoms with Crippen LogP contribution in [-0.4, -0.2) is 0 Å². The fourth-order valence-electron chi connectivity index (χ4n) is 3.76. The van der Waals surface area contributed by atoms with E-state index in [0.29, 0.717) is 5.92 Å². The Morgan fingerprint density at radius 2 is 1.57 bits per heavy atom. The number of aryl methyl sites for hydroxylation is 2. The average molecular weight is 394 g/mol. The summed E-state index contributed by atoms with van der Waals surface area (Å²) in [5.41, 5.74) is 0.638. The van der Waals surface area contributed by atoms with E-state index in [4.69, 9.17) is 0 Å². The van der Waals surface area contributed by atoms with Crippen LogP contribution in [0.1, 0.15) is 55.7 Å². The SMILES string of the molecule is Cc1ccc(OC(F)(F)c2ccc(CCC3CCC(C)CC3)cc2)c(F)c1F. The van der Waals surface area contributed by atoms with Crippen LogP contribution in [0, 0.1) is 30.4 Å². The van der Waals surface area contributed by atoms with Gasteiger partial charge in [0.15, 0.2) is 11.6 Å². The number of benzene rings is 2. The molecule has 0 aromatic heterocycles. The molecule has 1 nitrogen and oxygen atoms in total. The molecule has 1 aliphatic carbocycles. The van der Waals surface area contributed by atoms with Crippen molar-refractivity contribution < 1.29 is 22.3 Å². The molecule has 0 bridgehead atoms. The maximum atomic E-state index is 14.4. The second-order valence-electron chi connectivity index (χ2n) is 7.99. The molecule has 0 amide bonds. The third-order valence-electron chi connectivity index (χ3n) is 5.74. The molecule has 2 aromatic carbocycles. The Labute approximate surface area is 163 Å². The maximum Gasteiger partial charge on any atom is 0.426 e. The van der Waals surface area contributed by atoms with Crippen molar-refractivity contribution in [1.82, 2.24) is 0 Å². The average Bonchev–Trinajstić information content (AvgIpc) is 2.68. The zero-order chi connectivity index (χ0) is 20.3. The molecular weight excluding hydrogens is 368 g/mol. The Morgan fingerprint density at radius 1 is 0.929 bits per heavy atom. The molecule has 0 atom stereocenters. The molecule has 0 saturated heterocycles. The van der Waals surface area contributed by atoms with E-state index in [1.54, 1.807) is 12.1 Å². The minimum atomic E-state index is -3.75. The van der Waals surface area contributed by atoms with Crippen molar-refractivity contribution >= 4 is 0 Å². The Kier molecular flexibility index (Phi) is 6.31. The van der Waals surface area contributed by atoms with Gasteiger partial charge in [0.25, 0.3) is 0 Å². The molecule has 2 aromatic rings. The van der Waals surface area contributed by atoms with E-state index in [0.717, 1.165) is 30.4 Å². The summed E-state index contributed by atoms with van der Waals surface area (Å²) in [6.07, 6.45) is 3.18. The zero-order valence-electron chi connectivity index (χ0n) is 16.3. The van der Waals surface area contributed by atoms with Gasteiger partial charge in [0, 0.05) is 0 Å². The van der Waals surface area contributed by atoms with Crippen LogP contribution in [0.2, 0.25) is 0 Å². The van der Waals surface area contributed by atoms with Crippen LogP contribution in [0.15, 0.2) is 36.4 Å². The second-order valence-corrected chi connectivity index (χ2v) is 7.99. The highest BCUT2D eigenvalue weighted by Crippen LogP contribution is 2.35. The highest BCUT2D eigenvalue weighted by atomic mass is 19.3. The molecule has 1 saturated carbocycles. The number of ether oxygens (including phenoxy) is 1. The molecule has 0 unspecified atom stereocenters. The molecule has 1 fully saturated rings. The second kappa shape index (κ2) is 8.54. The monoisotopic (exact) mass is 394 g/mol. The van der Waals surface area contributed by atoms with E-state index in [1.165, 1.54) is 50.8 Å². The quantitative estimate of drug-likeness (QED) is 0.472. The van der Waals surface area contributed by atoms with Crippen LogP contribution < -0.4 is 4.74 Å². The van der Waals surface area contributed by atoms with Gasteiger partial charge in [-0.2, -0.15) is 13.2 Å². The van der Waals surface area contributed by atoms with Gasteiger partial charge in [-0.1, -0.05) is 50.8 Å².